The molecule has 0 aliphatic carbocycles. The number of unbranched alkanes of at least 4 members (excludes halogenated alkanes) is 4. The maximum Gasteiger partial charge on any atom is 0.407 e. The standard InChI is InChI=1S/C40H56N2O8.CH4/c1-29(2)31-17-15-19-33(27-31)39(5,6)41-37(45)49-23-13-9-11-21-35(43)47-25-26-48-36(44)22-12-10-14-24-50-38(46)42-40(7,8)34-20-16-18-32(28-34)30(3)4;/h15-20,27-28H,1,3,9-14,21-26H2,2,4-8H3,(H,41,45)(H,42,46);1H4. The second kappa shape index (κ2) is 22.3. The molecule has 10 nitrogen and oxygen atoms in total. The van der Waals surface area contributed by atoms with Crippen LogP contribution in [0.4, 0.5) is 9.59 Å². The molecule has 0 aliphatic rings. The van der Waals surface area contributed by atoms with Crippen molar-refractivity contribution in [2.45, 2.75) is 111 Å². The van der Waals surface area contributed by atoms with E-state index in [-0.39, 0.29) is 58.6 Å². The molecule has 2 aromatic carbocycles. The first-order chi connectivity index (χ1) is 23.6. The highest BCUT2D eigenvalue weighted by Gasteiger charge is 2.25. The van der Waals surface area contributed by atoms with E-state index < -0.39 is 23.3 Å². The van der Waals surface area contributed by atoms with Crippen molar-refractivity contribution < 1.29 is 38.1 Å². The van der Waals surface area contributed by atoms with Crippen molar-refractivity contribution >= 4 is 35.3 Å². The number of carbonyl (C=O) groups is 4. The molecule has 282 valence electrons. The van der Waals surface area contributed by atoms with Crippen LogP contribution in [0.25, 0.3) is 11.1 Å². The molecular formula is C41H60N2O8. The minimum Gasteiger partial charge on any atom is -0.462 e. The summed E-state index contributed by atoms with van der Waals surface area (Å²) in [6.07, 6.45) is 3.26. The Morgan fingerprint density at radius 2 is 0.941 bits per heavy atom. The van der Waals surface area contributed by atoms with E-state index in [1.54, 1.807) is 0 Å². The molecule has 0 aromatic heterocycles. The number of hydrogen-bond donors (Lipinski definition) is 2. The third kappa shape index (κ3) is 17.3. The van der Waals surface area contributed by atoms with Gasteiger partial charge in [0.2, 0.25) is 0 Å². The van der Waals surface area contributed by atoms with Gasteiger partial charge in [-0.15, -0.1) is 0 Å². The second-order valence-corrected chi connectivity index (χ2v) is 13.6. The smallest absolute Gasteiger partial charge is 0.407 e. The number of allylic oxidation sites excluding steroid dienone is 2. The van der Waals surface area contributed by atoms with Crippen LogP contribution in [0.15, 0.2) is 61.7 Å². The van der Waals surface area contributed by atoms with Gasteiger partial charge in [0.05, 0.1) is 24.3 Å². The minimum atomic E-state index is -0.616. The first-order valence-corrected chi connectivity index (χ1v) is 17.3. The summed E-state index contributed by atoms with van der Waals surface area (Å²) in [4.78, 5) is 48.6. The molecule has 0 unspecified atom stereocenters. The monoisotopic (exact) mass is 708 g/mol. The van der Waals surface area contributed by atoms with Crippen molar-refractivity contribution in [1.82, 2.24) is 10.6 Å². The maximum absolute atomic E-state index is 12.3. The second-order valence-electron chi connectivity index (χ2n) is 13.6. The Morgan fingerprint density at radius 1 is 0.569 bits per heavy atom. The zero-order valence-electron chi connectivity index (χ0n) is 30.8. The van der Waals surface area contributed by atoms with Crippen molar-refractivity contribution in [1.29, 1.82) is 0 Å². The number of hydrogen-bond acceptors (Lipinski definition) is 8. The third-order valence-electron chi connectivity index (χ3n) is 8.11. The van der Waals surface area contributed by atoms with E-state index in [0.717, 1.165) is 33.4 Å². The number of alkyl carbamates (subject to hydrolysis) is 2. The Hall–Kier alpha value is -4.60. The van der Waals surface area contributed by atoms with Crippen LogP contribution in [-0.4, -0.2) is 50.6 Å². The first-order valence-electron chi connectivity index (χ1n) is 17.3. The van der Waals surface area contributed by atoms with Crippen molar-refractivity contribution in [3.8, 4) is 0 Å². The highest BCUT2D eigenvalue weighted by Crippen LogP contribution is 2.25. The lowest BCUT2D eigenvalue weighted by Crippen LogP contribution is -2.41. The summed E-state index contributed by atoms with van der Waals surface area (Å²) in [5, 5.41) is 5.80. The highest BCUT2D eigenvalue weighted by molar-refractivity contribution is 5.71. The number of rotatable bonds is 21. The van der Waals surface area contributed by atoms with E-state index in [1.807, 2.05) is 90.1 Å². The van der Waals surface area contributed by atoms with E-state index in [4.69, 9.17) is 18.9 Å². The van der Waals surface area contributed by atoms with Crippen LogP contribution >= 0.6 is 0 Å². The van der Waals surface area contributed by atoms with E-state index >= 15 is 0 Å². The topological polar surface area (TPSA) is 129 Å². The molecule has 0 fully saturated rings. The summed E-state index contributed by atoms with van der Waals surface area (Å²) in [5.74, 6) is -0.738. The summed E-state index contributed by atoms with van der Waals surface area (Å²) in [6.45, 7) is 19.9. The minimum absolute atomic E-state index is 0. The van der Waals surface area contributed by atoms with Crippen molar-refractivity contribution in [3.63, 3.8) is 0 Å². The Morgan fingerprint density at radius 3 is 1.29 bits per heavy atom. The molecule has 10 heteroatoms. The van der Waals surface area contributed by atoms with E-state index in [0.29, 0.717) is 38.5 Å². The zero-order chi connectivity index (χ0) is 37.2. The average Bonchev–Trinajstić information content (AvgIpc) is 3.06. The first kappa shape index (κ1) is 44.4. The fourth-order valence-corrected chi connectivity index (χ4v) is 4.96. The van der Waals surface area contributed by atoms with Crippen LogP contribution in [0, 0.1) is 0 Å². The van der Waals surface area contributed by atoms with Crippen molar-refractivity contribution in [2.24, 2.45) is 0 Å². The lowest BCUT2D eigenvalue weighted by molar-refractivity contribution is -0.152. The Bertz CT molecular complexity index is 1350. The van der Waals surface area contributed by atoms with Gasteiger partial charge in [-0.1, -0.05) is 68.1 Å². The predicted octanol–water partition coefficient (Wildman–Crippen LogP) is 9.22. The predicted molar refractivity (Wildman–Crippen MR) is 203 cm³/mol. The number of amides is 2. The van der Waals surface area contributed by atoms with E-state index in [1.165, 1.54) is 0 Å². The maximum atomic E-state index is 12.3. The molecule has 2 N–H and O–H groups in total. The van der Waals surface area contributed by atoms with Gasteiger partial charge in [0.15, 0.2) is 0 Å². The molecule has 0 spiro atoms. The molecule has 2 aromatic rings. The molecule has 2 rings (SSSR count). The molecule has 0 atom stereocenters. The number of benzene rings is 2. The van der Waals surface area contributed by atoms with Gasteiger partial charge in [0.25, 0.3) is 0 Å². The van der Waals surface area contributed by atoms with E-state index in [2.05, 4.69) is 23.8 Å². The van der Waals surface area contributed by atoms with Crippen LogP contribution < -0.4 is 10.6 Å². The molecule has 51 heavy (non-hydrogen) atoms. The van der Waals surface area contributed by atoms with Gasteiger partial charge >= 0.3 is 24.1 Å². The van der Waals surface area contributed by atoms with Gasteiger partial charge < -0.3 is 29.6 Å². The molecule has 0 aliphatic heterocycles. The highest BCUT2D eigenvalue weighted by atomic mass is 16.6. The summed E-state index contributed by atoms with van der Waals surface area (Å²) < 4.78 is 20.9. The zero-order valence-corrected chi connectivity index (χ0v) is 30.8. The quantitative estimate of drug-likeness (QED) is 0.0746. The average molecular weight is 709 g/mol. The number of carbonyl (C=O) groups excluding carboxylic acids is 4. The molecular weight excluding hydrogens is 648 g/mol. The van der Waals surface area contributed by atoms with Gasteiger partial charge in [-0.3, -0.25) is 9.59 Å². The Balaban J connectivity index is 0.0000130. The lowest BCUT2D eigenvalue weighted by atomic mass is 9.92. The van der Waals surface area contributed by atoms with Crippen LogP contribution in [0.3, 0.4) is 0 Å². The molecule has 2 amide bonds. The fraction of sp³-hybridized carbons (Fsp3) is 0.512. The van der Waals surface area contributed by atoms with Crippen LogP contribution in [0.1, 0.15) is 123 Å². The van der Waals surface area contributed by atoms with Gasteiger partial charge in [0, 0.05) is 12.8 Å². The summed E-state index contributed by atoms with van der Waals surface area (Å²) in [6, 6.07) is 15.7. The normalized spacial score (nSPS) is 11.0. The molecule has 0 heterocycles. The van der Waals surface area contributed by atoms with Gasteiger partial charge in [0.1, 0.15) is 13.2 Å². The lowest BCUT2D eigenvalue weighted by Gasteiger charge is -2.27. The van der Waals surface area contributed by atoms with Gasteiger partial charge in [-0.2, -0.15) is 0 Å². The number of nitrogens with one attached hydrogen (secondary N) is 2. The molecule has 0 radical (unpaired) electrons. The van der Waals surface area contributed by atoms with Crippen LogP contribution in [0.5, 0.6) is 0 Å². The third-order valence-corrected chi connectivity index (χ3v) is 8.11. The fourth-order valence-electron chi connectivity index (χ4n) is 4.96. The van der Waals surface area contributed by atoms with Crippen molar-refractivity contribution in [3.05, 3.63) is 83.9 Å². The van der Waals surface area contributed by atoms with E-state index in [9.17, 15) is 19.2 Å². The SMILES string of the molecule is C.C=C(C)c1cccc(C(C)(C)NC(=O)OCCCCCC(=O)OCCOC(=O)CCCCCOC(=O)NC(C)(C)c2cccc(C(=C)C)c2)c1. The van der Waals surface area contributed by atoms with Crippen LogP contribution in [-0.2, 0) is 39.6 Å². The van der Waals surface area contributed by atoms with Gasteiger partial charge in [-0.25, -0.2) is 9.59 Å². The summed E-state index contributed by atoms with van der Waals surface area (Å²) in [5.41, 5.74) is 4.60. The molecule has 0 saturated carbocycles. The Labute approximate surface area is 305 Å². The summed E-state index contributed by atoms with van der Waals surface area (Å²) >= 11 is 0. The summed E-state index contributed by atoms with van der Waals surface area (Å²) in [7, 11) is 0. The largest absolute Gasteiger partial charge is 0.462 e. The molecule has 0 saturated heterocycles. The van der Waals surface area contributed by atoms with Gasteiger partial charge in [-0.05, 0) is 114 Å². The number of esters is 2. The Kier molecular flexibility index (Phi) is 19.4. The van der Waals surface area contributed by atoms with Crippen LogP contribution in [0.2, 0.25) is 0 Å². The number of ether oxygens (including phenoxy) is 4. The molecule has 0 bridgehead atoms. The van der Waals surface area contributed by atoms with Crippen molar-refractivity contribution in [2.75, 3.05) is 26.4 Å².